The predicted octanol–water partition coefficient (Wildman–Crippen LogP) is 4.71. The van der Waals surface area contributed by atoms with Crippen molar-refractivity contribution in [3.05, 3.63) is 59.7 Å². The van der Waals surface area contributed by atoms with E-state index in [4.69, 9.17) is 9.47 Å². The number of rotatable bonds is 8. The van der Waals surface area contributed by atoms with E-state index in [1.54, 1.807) is 42.0 Å². The second kappa shape index (κ2) is 17.0. The maximum absolute atomic E-state index is 14.3. The molecule has 3 N–H and O–H groups in total. The summed E-state index contributed by atoms with van der Waals surface area (Å²) in [6.07, 6.45) is 2.17. The van der Waals surface area contributed by atoms with Crippen molar-refractivity contribution in [1.82, 2.24) is 15.1 Å². The SMILES string of the molecule is CC(C)NC(=O)N(C)C[C@H]1OCCCC[C@@H](C)Oc2ccc(NC(=O)Cc3ccccc3)cc2C(=O)N([C@@H](C)CO)C[C@H]1C. The van der Waals surface area contributed by atoms with Crippen LogP contribution in [-0.4, -0.2) is 90.4 Å². The van der Waals surface area contributed by atoms with Crippen LogP contribution in [-0.2, 0) is 16.0 Å². The predicted molar refractivity (Wildman–Crippen MR) is 172 cm³/mol. The number of ether oxygens (including phenoxy) is 2. The molecule has 4 atom stereocenters. The molecule has 242 valence electrons. The zero-order valence-electron chi connectivity index (χ0n) is 27.0. The van der Waals surface area contributed by atoms with Gasteiger partial charge >= 0.3 is 6.03 Å². The summed E-state index contributed by atoms with van der Waals surface area (Å²) in [4.78, 5) is 43.0. The highest BCUT2D eigenvalue weighted by atomic mass is 16.5. The fourth-order valence-electron chi connectivity index (χ4n) is 5.16. The molecule has 44 heavy (non-hydrogen) atoms. The first-order chi connectivity index (χ1) is 21.0. The average molecular weight is 611 g/mol. The van der Waals surface area contributed by atoms with Gasteiger partial charge in [0, 0.05) is 44.4 Å². The van der Waals surface area contributed by atoms with Crippen molar-refractivity contribution in [3.8, 4) is 5.75 Å². The molecule has 0 fully saturated rings. The lowest BCUT2D eigenvalue weighted by Crippen LogP contribution is -2.49. The molecule has 0 aromatic heterocycles. The van der Waals surface area contributed by atoms with Crippen LogP contribution in [0.3, 0.4) is 0 Å². The largest absolute Gasteiger partial charge is 0.490 e. The van der Waals surface area contributed by atoms with Crippen LogP contribution < -0.4 is 15.4 Å². The lowest BCUT2D eigenvalue weighted by molar-refractivity contribution is -0.115. The van der Waals surface area contributed by atoms with Crippen molar-refractivity contribution < 1.29 is 29.0 Å². The Balaban J connectivity index is 1.91. The number of likely N-dealkylation sites (N-methyl/N-ethyl adjacent to an activating group) is 1. The number of urea groups is 1. The number of amides is 4. The first-order valence-corrected chi connectivity index (χ1v) is 15.7. The maximum Gasteiger partial charge on any atom is 0.317 e. The molecule has 0 saturated carbocycles. The lowest BCUT2D eigenvalue weighted by Gasteiger charge is -2.36. The van der Waals surface area contributed by atoms with Crippen molar-refractivity contribution in [2.45, 2.75) is 84.6 Å². The zero-order chi connectivity index (χ0) is 32.2. The minimum absolute atomic E-state index is 0.00286. The van der Waals surface area contributed by atoms with E-state index in [0.29, 0.717) is 30.2 Å². The molecule has 1 aliphatic heterocycles. The third-order valence-electron chi connectivity index (χ3n) is 7.76. The number of carbonyl (C=O) groups excluding carboxylic acids is 3. The Kier molecular flexibility index (Phi) is 13.5. The molecule has 0 aliphatic carbocycles. The molecule has 0 spiro atoms. The second-order valence-corrected chi connectivity index (χ2v) is 12.2. The topological polar surface area (TPSA) is 120 Å². The molecule has 2 aromatic carbocycles. The van der Waals surface area contributed by atoms with Gasteiger partial charge in [0.1, 0.15) is 5.75 Å². The van der Waals surface area contributed by atoms with Crippen molar-refractivity contribution in [2.24, 2.45) is 5.92 Å². The lowest BCUT2D eigenvalue weighted by atomic mass is 10.0. The molecule has 0 radical (unpaired) electrons. The van der Waals surface area contributed by atoms with Gasteiger partial charge < -0.3 is 35.0 Å². The average Bonchev–Trinajstić information content (AvgIpc) is 2.98. The van der Waals surface area contributed by atoms with Gasteiger partial charge in [-0.1, -0.05) is 37.3 Å². The standard InChI is InChI=1S/C34H50N4O6/c1-23(2)35-34(42)37(6)21-31-24(3)20-38(25(4)22-39)33(41)29-19-28(36-32(40)18-27-13-8-7-9-14-27)15-16-30(29)44-26(5)12-10-11-17-43-31/h7-9,13-16,19,23-26,31,39H,10-12,17-18,20-22H2,1-6H3,(H,35,42)(H,36,40)/t24-,25+,26-,31-/m1/s1. The Bertz CT molecular complexity index is 1220. The molecule has 10 nitrogen and oxygen atoms in total. The summed E-state index contributed by atoms with van der Waals surface area (Å²) >= 11 is 0. The number of carbonyl (C=O) groups is 3. The molecule has 1 heterocycles. The van der Waals surface area contributed by atoms with Crippen molar-refractivity contribution in [3.63, 3.8) is 0 Å². The molecular weight excluding hydrogens is 560 g/mol. The van der Waals surface area contributed by atoms with Gasteiger partial charge in [0.2, 0.25) is 5.91 Å². The number of benzene rings is 2. The van der Waals surface area contributed by atoms with Gasteiger partial charge in [0.05, 0.1) is 36.8 Å². The summed E-state index contributed by atoms with van der Waals surface area (Å²) in [5.74, 6) is -0.247. The van der Waals surface area contributed by atoms with E-state index in [0.717, 1.165) is 24.8 Å². The smallest absolute Gasteiger partial charge is 0.317 e. The summed E-state index contributed by atoms with van der Waals surface area (Å²) in [7, 11) is 1.74. The van der Waals surface area contributed by atoms with Gasteiger partial charge in [-0.2, -0.15) is 0 Å². The van der Waals surface area contributed by atoms with E-state index >= 15 is 0 Å². The fourth-order valence-corrected chi connectivity index (χ4v) is 5.16. The molecular formula is C34H50N4O6. The Morgan fingerprint density at radius 3 is 2.50 bits per heavy atom. The quantitative estimate of drug-likeness (QED) is 0.398. The number of fused-ring (bicyclic) bond motifs is 1. The first-order valence-electron chi connectivity index (χ1n) is 15.7. The van der Waals surface area contributed by atoms with Crippen LogP contribution >= 0.6 is 0 Å². The number of aliphatic hydroxyl groups is 1. The normalized spacial score (nSPS) is 20.6. The molecule has 1 aliphatic rings. The molecule has 0 saturated heterocycles. The molecule has 10 heteroatoms. The molecule has 3 rings (SSSR count). The third-order valence-corrected chi connectivity index (χ3v) is 7.76. The number of anilines is 1. The zero-order valence-corrected chi connectivity index (χ0v) is 27.0. The van der Waals surface area contributed by atoms with Crippen molar-refractivity contribution >= 4 is 23.5 Å². The highest BCUT2D eigenvalue weighted by Gasteiger charge is 2.31. The molecule has 4 amide bonds. The summed E-state index contributed by atoms with van der Waals surface area (Å²) in [5.41, 5.74) is 1.68. The van der Waals surface area contributed by atoms with Crippen molar-refractivity contribution in [2.75, 3.05) is 38.7 Å². The van der Waals surface area contributed by atoms with Crippen LogP contribution in [0.1, 0.15) is 69.8 Å². The Morgan fingerprint density at radius 1 is 1.09 bits per heavy atom. The molecule has 2 aromatic rings. The van der Waals surface area contributed by atoms with Crippen LogP contribution in [0.25, 0.3) is 0 Å². The summed E-state index contributed by atoms with van der Waals surface area (Å²) in [6, 6.07) is 13.9. The Hall–Kier alpha value is -3.63. The number of hydrogen-bond donors (Lipinski definition) is 3. The number of aliphatic hydroxyl groups excluding tert-OH is 1. The van der Waals surface area contributed by atoms with Crippen LogP contribution in [0, 0.1) is 5.92 Å². The van der Waals surface area contributed by atoms with E-state index in [9.17, 15) is 19.5 Å². The number of nitrogens with zero attached hydrogens (tertiary/aromatic N) is 2. The van der Waals surface area contributed by atoms with Crippen LogP contribution in [0.15, 0.2) is 48.5 Å². The Labute approximate surface area is 262 Å². The van der Waals surface area contributed by atoms with Gasteiger partial charge in [-0.3, -0.25) is 9.59 Å². The Morgan fingerprint density at radius 2 is 1.82 bits per heavy atom. The number of nitrogens with one attached hydrogen (secondary N) is 2. The van der Waals surface area contributed by atoms with Crippen molar-refractivity contribution in [1.29, 1.82) is 0 Å². The van der Waals surface area contributed by atoms with Gasteiger partial charge in [-0.05, 0) is 70.7 Å². The van der Waals surface area contributed by atoms with E-state index in [2.05, 4.69) is 10.6 Å². The monoisotopic (exact) mass is 610 g/mol. The minimum atomic E-state index is -0.498. The summed E-state index contributed by atoms with van der Waals surface area (Å²) in [5, 5.41) is 16.0. The van der Waals surface area contributed by atoms with Gasteiger partial charge in [-0.25, -0.2) is 4.79 Å². The van der Waals surface area contributed by atoms with Crippen LogP contribution in [0.4, 0.5) is 10.5 Å². The number of hydrogen-bond acceptors (Lipinski definition) is 6. The maximum atomic E-state index is 14.3. The van der Waals surface area contributed by atoms with E-state index < -0.39 is 6.04 Å². The highest BCUT2D eigenvalue weighted by Crippen LogP contribution is 2.28. The minimum Gasteiger partial charge on any atom is -0.490 e. The van der Waals surface area contributed by atoms with Gasteiger partial charge in [-0.15, -0.1) is 0 Å². The van der Waals surface area contributed by atoms with E-state index in [1.165, 1.54) is 0 Å². The summed E-state index contributed by atoms with van der Waals surface area (Å²) in [6.45, 7) is 10.5. The van der Waals surface area contributed by atoms with Gasteiger partial charge in [0.15, 0.2) is 0 Å². The second-order valence-electron chi connectivity index (χ2n) is 12.2. The highest BCUT2D eigenvalue weighted by molar-refractivity contribution is 6.00. The van der Waals surface area contributed by atoms with E-state index in [-0.39, 0.29) is 61.6 Å². The molecule has 0 bridgehead atoms. The van der Waals surface area contributed by atoms with Crippen LogP contribution in [0.5, 0.6) is 5.75 Å². The first kappa shape index (κ1) is 34.9. The summed E-state index contributed by atoms with van der Waals surface area (Å²) < 4.78 is 12.6. The van der Waals surface area contributed by atoms with Crippen LogP contribution in [0.2, 0.25) is 0 Å². The third kappa shape index (κ3) is 10.5. The fraction of sp³-hybridized carbons (Fsp3) is 0.559. The van der Waals surface area contributed by atoms with E-state index in [1.807, 2.05) is 58.0 Å². The molecule has 0 unspecified atom stereocenters. The van der Waals surface area contributed by atoms with Gasteiger partial charge in [0.25, 0.3) is 5.91 Å².